The molecule has 0 unspecified atom stereocenters. The molecule has 0 spiro atoms. The first-order chi connectivity index (χ1) is 18.7. The lowest BCUT2D eigenvalue weighted by Crippen LogP contribution is -1.96. The van der Waals surface area contributed by atoms with Crippen molar-refractivity contribution in [3.8, 4) is 17.3 Å². The molecule has 180 valence electrons. The number of rotatable bonds is 3. The van der Waals surface area contributed by atoms with Crippen molar-refractivity contribution in [2.24, 2.45) is 0 Å². The predicted molar refractivity (Wildman–Crippen MR) is 152 cm³/mol. The van der Waals surface area contributed by atoms with Crippen LogP contribution in [-0.4, -0.2) is 14.5 Å². The number of hydrogen-bond acceptors (Lipinski definition) is 4. The molecule has 5 nitrogen and oxygen atoms in total. The van der Waals surface area contributed by atoms with Crippen molar-refractivity contribution in [2.45, 2.75) is 6.92 Å². The summed E-state index contributed by atoms with van der Waals surface area (Å²) >= 11 is 0. The quantitative estimate of drug-likeness (QED) is 0.248. The van der Waals surface area contributed by atoms with E-state index >= 15 is 0 Å². The highest BCUT2D eigenvalue weighted by Gasteiger charge is 2.15. The summed E-state index contributed by atoms with van der Waals surface area (Å²) in [6.45, 7) is 2.06. The van der Waals surface area contributed by atoms with Gasteiger partial charge in [0.05, 0.1) is 21.9 Å². The molecule has 0 aliphatic heterocycles. The Morgan fingerprint density at radius 2 is 1.50 bits per heavy atom. The standard InChI is InChI=1S/C33H21N3O2/c1-20-16-21-9-13-30-32(33(21)35-19-20)26-17-22(11-14-29(26)38-30)37-23-10-12-25-24-6-2-3-7-27(24)36(28(25)18-23)31-8-4-5-15-34-31/h2-19H,1H3. The van der Waals surface area contributed by atoms with E-state index in [0.717, 1.165) is 72.1 Å². The molecule has 0 amide bonds. The third-order valence-electron chi connectivity index (χ3n) is 7.15. The number of aromatic nitrogens is 3. The monoisotopic (exact) mass is 491 g/mol. The third kappa shape index (κ3) is 3.12. The van der Waals surface area contributed by atoms with Crippen LogP contribution in [0, 0.1) is 6.92 Å². The van der Waals surface area contributed by atoms with Gasteiger partial charge in [0.15, 0.2) is 0 Å². The van der Waals surface area contributed by atoms with Gasteiger partial charge in [-0.05, 0) is 79.2 Å². The van der Waals surface area contributed by atoms with Gasteiger partial charge in [-0.1, -0.05) is 24.3 Å². The maximum absolute atomic E-state index is 6.44. The predicted octanol–water partition coefficient (Wildman–Crippen LogP) is 8.73. The summed E-state index contributed by atoms with van der Waals surface area (Å²) in [6.07, 6.45) is 3.72. The second-order valence-electron chi connectivity index (χ2n) is 9.60. The Bertz CT molecular complexity index is 2170. The molecule has 0 saturated carbocycles. The number of para-hydroxylation sites is 1. The Morgan fingerprint density at radius 3 is 2.42 bits per heavy atom. The molecule has 8 rings (SSSR count). The van der Waals surface area contributed by atoms with Crippen molar-refractivity contribution in [1.29, 1.82) is 0 Å². The minimum atomic E-state index is 0.740. The number of ether oxygens (including phenoxy) is 1. The summed E-state index contributed by atoms with van der Waals surface area (Å²) in [5.41, 5.74) is 5.86. The average Bonchev–Trinajstić information content (AvgIpc) is 3.48. The molecule has 4 heterocycles. The molecule has 0 aliphatic carbocycles. The highest BCUT2D eigenvalue weighted by Crippen LogP contribution is 2.38. The second-order valence-corrected chi connectivity index (χ2v) is 9.60. The number of furan rings is 1. The zero-order chi connectivity index (χ0) is 25.2. The first kappa shape index (κ1) is 21.0. The van der Waals surface area contributed by atoms with Crippen LogP contribution >= 0.6 is 0 Å². The Labute approximate surface area is 217 Å². The van der Waals surface area contributed by atoms with E-state index < -0.39 is 0 Å². The molecule has 0 fully saturated rings. The molecule has 8 aromatic rings. The van der Waals surface area contributed by atoms with E-state index in [1.807, 2.05) is 60.9 Å². The van der Waals surface area contributed by atoms with E-state index in [2.05, 4.69) is 65.0 Å². The zero-order valence-electron chi connectivity index (χ0n) is 20.6. The third-order valence-corrected chi connectivity index (χ3v) is 7.15. The van der Waals surface area contributed by atoms with Gasteiger partial charge in [-0.2, -0.15) is 0 Å². The van der Waals surface area contributed by atoms with E-state index in [-0.39, 0.29) is 0 Å². The first-order valence-electron chi connectivity index (χ1n) is 12.6. The van der Waals surface area contributed by atoms with Crippen LogP contribution in [0.3, 0.4) is 0 Å². The summed E-state index contributed by atoms with van der Waals surface area (Å²) in [4.78, 5) is 9.36. The second kappa shape index (κ2) is 7.92. The maximum atomic E-state index is 6.44. The average molecular weight is 492 g/mol. The minimum Gasteiger partial charge on any atom is -0.457 e. The first-order valence-corrected chi connectivity index (χ1v) is 12.6. The van der Waals surface area contributed by atoms with Crippen LogP contribution in [-0.2, 0) is 0 Å². The molecule has 0 aliphatic rings. The summed E-state index contributed by atoms with van der Waals surface area (Å²) in [6, 6.07) is 32.8. The van der Waals surface area contributed by atoms with Gasteiger partial charge in [0.2, 0.25) is 0 Å². The van der Waals surface area contributed by atoms with Gasteiger partial charge in [-0.3, -0.25) is 9.55 Å². The smallest absolute Gasteiger partial charge is 0.137 e. The number of fused-ring (bicyclic) bond motifs is 8. The molecule has 0 N–H and O–H groups in total. The van der Waals surface area contributed by atoms with Gasteiger partial charge in [0, 0.05) is 40.0 Å². The van der Waals surface area contributed by atoms with E-state index in [1.165, 1.54) is 5.39 Å². The van der Waals surface area contributed by atoms with Crippen molar-refractivity contribution in [1.82, 2.24) is 14.5 Å². The molecule has 4 aromatic carbocycles. The van der Waals surface area contributed by atoms with Crippen LogP contribution in [0.25, 0.3) is 60.5 Å². The Kier molecular flexibility index (Phi) is 4.37. The number of benzene rings is 4. The van der Waals surface area contributed by atoms with Crippen molar-refractivity contribution in [3.63, 3.8) is 0 Å². The van der Waals surface area contributed by atoms with Crippen molar-refractivity contribution in [2.75, 3.05) is 0 Å². The SMILES string of the molecule is Cc1cnc2c(ccc3oc4ccc(Oc5ccc6c7ccccc7n(-c7ccccn7)c6c5)cc4c32)c1. The fraction of sp³-hybridized carbons (Fsp3) is 0.0303. The lowest BCUT2D eigenvalue weighted by molar-refractivity contribution is 0.484. The van der Waals surface area contributed by atoms with Crippen LogP contribution in [0.4, 0.5) is 0 Å². The highest BCUT2D eigenvalue weighted by atomic mass is 16.5. The molecular formula is C33H21N3O2. The van der Waals surface area contributed by atoms with E-state index in [4.69, 9.17) is 14.1 Å². The van der Waals surface area contributed by atoms with Crippen LogP contribution < -0.4 is 4.74 Å². The molecule has 0 radical (unpaired) electrons. The van der Waals surface area contributed by atoms with Gasteiger partial charge >= 0.3 is 0 Å². The van der Waals surface area contributed by atoms with Gasteiger partial charge in [-0.15, -0.1) is 0 Å². The van der Waals surface area contributed by atoms with Crippen LogP contribution in [0.1, 0.15) is 5.56 Å². The van der Waals surface area contributed by atoms with Crippen LogP contribution in [0.2, 0.25) is 0 Å². The largest absolute Gasteiger partial charge is 0.457 e. The maximum Gasteiger partial charge on any atom is 0.137 e. The topological polar surface area (TPSA) is 53.1 Å². The normalized spacial score (nSPS) is 11.8. The fourth-order valence-corrected chi connectivity index (χ4v) is 5.50. The Balaban J connectivity index is 1.29. The highest BCUT2D eigenvalue weighted by molar-refractivity contribution is 6.17. The fourth-order valence-electron chi connectivity index (χ4n) is 5.50. The zero-order valence-corrected chi connectivity index (χ0v) is 20.6. The van der Waals surface area contributed by atoms with Gasteiger partial charge in [-0.25, -0.2) is 4.98 Å². The Morgan fingerprint density at radius 1 is 0.684 bits per heavy atom. The number of nitrogens with zero attached hydrogens (tertiary/aromatic N) is 3. The molecule has 38 heavy (non-hydrogen) atoms. The molecular weight excluding hydrogens is 470 g/mol. The summed E-state index contributed by atoms with van der Waals surface area (Å²) in [5, 5.41) is 5.43. The van der Waals surface area contributed by atoms with Gasteiger partial charge in [0.25, 0.3) is 0 Å². The lowest BCUT2D eigenvalue weighted by Gasteiger charge is -2.09. The van der Waals surface area contributed by atoms with Crippen LogP contribution in [0.5, 0.6) is 11.5 Å². The molecule has 0 saturated heterocycles. The summed E-state index contributed by atoms with van der Waals surface area (Å²) < 4.78 is 14.8. The van der Waals surface area contributed by atoms with Crippen LogP contribution in [0.15, 0.2) is 114 Å². The van der Waals surface area contributed by atoms with Crippen molar-refractivity contribution >= 4 is 54.6 Å². The number of aryl methyl sites for hydroxylation is 1. The lowest BCUT2D eigenvalue weighted by atomic mass is 10.1. The molecule has 4 aromatic heterocycles. The summed E-state index contributed by atoms with van der Waals surface area (Å²) in [7, 11) is 0. The van der Waals surface area contributed by atoms with Gasteiger partial charge in [0.1, 0.15) is 28.5 Å². The number of hydrogen-bond donors (Lipinski definition) is 0. The molecule has 0 bridgehead atoms. The number of pyridine rings is 2. The Hall–Kier alpha value is -5.16. The van der Waals surface area contributed by atoms with E-state index in [0.29, 0.717) is 0 Å². The van der Waals surface area contributed by atoms with Gasteiger partial charge < -0.3 is 9.15 Å². The van der Waals surface area contributed by atoms with E-state index in [9.17, 15) is 0 Å². The minimum absolute atomic E-state index is 0.740. The molecule has 5 heteroatoms. The summed E-state index contributed by atoms with van der Waals surface area (Å²) in [5.74, 6) is 2.36. The van der Waals surface area contributed by atoms with Crippen molar-refractivity contribution in [3.05, 3.63) is 115 Å². The van der Waals surface area contributed by atoms with E-state index in [1.54, 1.807) is 0 Å². The van der Waals surface area contributed by atoms with Crippen molar-refractivity contribution < 1.29 is 9.15 Å². The molecule has 0 atom stereocenters.